The van der Waals surface area contributed by atoms with Gasteiger partial charge in [0.25, 0.3) is 5.91 Å². The van der Waals surface area contributed by atoms with Crippen molar-refractivity contribution in [3.05, 3.63) is 29.0 Å². The fourth-order valence-corrected chi connectivity index (χ4v) is 4.44. The van der Waals surface area contributed by atoms with E-state index in [0.29, 0.717) is 32.1 Å². The van der Waals surface area contributed by atoms with E-state index in [1.165, 1.54) is 12.1 Å². The summed E-state index contributed by atoms with van der Waals surface area (Å²) in [4.78, 5) is 24.9. The molecule has 1 amide bonds. The number of nitrogens with zero attached hydrogens (tertiary/aromatic N) is 1. The van der Waals surface area contributed by atoms with Gasteiger partial charge in [-0.3, -0.25) is 9.59 Å². The van der Waals surface area contributed by atoms with Crippen LogP contribution in [0.4, 0.5) is 4.39 Å². The molecule has 6 nitrogen and oxygen atoms in total. The lowest BCUT2D eigenvalue weighted by molar-refractivity contribution is -0.167. The molecule has 3 fully saturated rings. The number of carbonyl (C=O) groups is 2. The first-order valence-corrected chi connectivity index (χ1v) is 9.68. The molecule has 0 spiro atoms. The van der Waals surface area contributed by atoms with E-state index in [4.69, 9.17) is 21.1 Å². The molecule has 4 rings (SSSR count). The monoisotopic (exact) mass is 408 g/mol. The summed E-state index contributed by atoms with van der Waals surface area (Å²) in [5.41, 5.74) is -1.30. The van der Waals surface area contributed by atoms with Crippen molar-refractivity contribution in [2.24, 2.45) is 11.3 Å². The second-order valence-corrected chi connectivity index (χ2v) is 7.86. The lowest BCUT2D eigenvalue weighted by Crippen LogP contribution is -2.62. The zero-order valence-corrected chi connectivity index (χ0v) is 16.4. The third-order valence-corrected chi connectivity index (χ3v) is 6.17. The Balaban J connectivity index is 1.62. The van der Waals surface area contributed by atoms with Crippen LogP contribution in [-0.4, -0.2) is 30.6 Å². The molecule has 28 heavy (non-hydrogen) atoms. The molecule has 3 saturated carbocycles. The highest BCUT2D eigenvalue weighted by molar-refractivity contribution is 6.30. The van der Waals surface area contributed by atoms with E-state index in [0.717, 1.165) is 6.07 Å². The van der Waals surface area contributed by atoms with Gasteiger partial charge in [-0.25, -0.2) is 4.39 Å². The molecule has 0 aliphatic heterocycles. The van der Waals surface area contributed by atoms with Crippen LogP contribution < -0.4 is 10.1 Å². The van der Waals surface area contributed by atoms with Crippen LogP contribution in [0.5, 0.6) is 5.75 Å². The van der Waals surface area contributed by atoms with E-state index in [1.807, 2.05) is 0 Å². The molecule has 0 saturated heterocycles. The normalized spacial score (nSPS) is 28.3. The number of hydrogen-bond acceptors (Lipinski definition) is 5. The Bertz CT molecular complexity index is 815. The molecule has 150 valence electrons. The molecule has 0 aromatic heterocycles. The summed E-state index contributed by atoms with van der Waals surface area (Å²) in [5.74, 6) is -1.57. The van der Waals surface area contributed by atoms with Gasteiger partial charge in [-0.15, -0.1) is 0 Å². The van der Waals surface area contributed by atoms with Crippen molar-refractivity contribution in [3.63, 3.8) is 0 Å². The highest BCUT2D eigenvalue weighted by Crippen LogP contribution is 2.56. The van der Waals surface area contributed by atoms with Crippen LogP contribution >= 0.6 is 11.6 Å². The van der Waals surface area contributed by atoms with Crippen LogP contribution in [0.3, 0.4) is 0 Å². The number of benzene rings is 1. The van der Waals surface area contributed by atoms with Gasteiger partial charge in [0.05, 0.1) is 29.0 Å². The number of nitriles is 1. The van der Waals surface area contributed by atoms with Gasteiger partial charge in [-0.1, -0.05) is 11.6 Å². The van der Waals surface area contributed by atoms with Gasteiger partial charge in [-0.05, 0) is 51.2 Å². The maximum atomic E-state index is 13.5. The third kappa shape index (κ3) is 3.79. The first-order chi connectivity index (χ1) is 13.3. The standard InChI is InChI=1S/C20H22ClFN2O4/c1-2-27-18(26)20-7-5-19(6-8-20,10-13(20)11-23)24-17(25)12-28-14-3-4-15(21)16(22)9-14/h3-4,9,13H,2,5-8,10,12H2,1H3,(H,24,25). The van der Waals surface area contributed by atoms with Gasteiger partial charge in [0, 0.05) is 11.6 Å². The molecular weight excluding hydrogens is 387 g/mol. The zero-order valence-electron chi connectivity index (χ0n) is 15.6. The largest absolute Gasteiger partial charge is 0.484 e. The molecular formula is C20H22ClFN2O4. The summed E-state index contributed by atoms with van der Waals surface area (Å²) < 4.78 is 24.0. The fourth-order valence-electron chi connectivity index (χ4n) is 4.33. The van der Waals surface area contributed by atoms with Gasteiger partial charge < -0.3 is 14.8 Å². The number of rotatable bonds is 6. The molecule has 8 heteroatoms. The lowest BCUT2D eigenvalue weighted by atomic mass is 9.52. The average molecular weight is 409 g/mol. The third-order valence-electron chi connectivity index (χ3n) is 5.86. The van der Waals surface area contributed by atoms with Crippen LogP contribution in [0.25, 0.3) is 0 Å². The number of halogens is 2. The van der Waals surface area contributed by atoms with Gasteiger partial charge in [-0.2, -0.15) is 5.26 Å². The van der Waals surface area contributed by atoms with Crippen LogP contribution in [0.1, 0.15) is 39.0 Å². The smallest absolute Gasteiger partial charge is 0.313 e. The van der Waals surface area contributed by atoms with Crippen molar-refractivity contribution >= 4 is 23.5 Å². The van der Waals surface area contributed by atoms with E-state index < -0.39 is 22.7 Å². The van der Waals surface area contributed by atoms with Crippen molar-refractivity contribution in [1.29, 1.82) is 5.26 Å². The van der Waals surface area contributed by atoms with Gasteiger partial charge >= 0.3 is 5.97 Å². The SMILES string of the molecule is CCOC(=O)C12CCC(NC(=O)COc3ccc(Cl)c(F)c3)(CC1)CC2C#N. The Kier molecular flexibility index (Phi) is 5.80. The fraction of sp³-hybridized carbons (Fsp3) is 0.550. The summed E-state index contributed by atoms with van der Waals surface area (Å²) in [6.45, 7) is 1.75. The quantitative estimate of drug-likeness (QED) is 0.729. The second-order valence-electron chi connectivity index (χ2n) is 7.46. The summed E-state index contributed by atoms with van der Waals surface area (Å²) in [6, 6.07) is 6.21. The predicted molar refractivity (Wildman–Crippen MR) is 99.0 cm³/mol. The minimum Gasteiger partial charge on any atom is -0.484 e. The number of fused-ring (bicyclic) bond motifs is 3. The van der Waals surface area contributed by atoms with Crippen LogP contribution in [0, 0.1) is 28.5 Å². The van der Waals surface area contributed by atoms with Crippen molar-refractivity contribution in [2.75, 3.05) is 13.2 Å². The van der Waals surface area contributed by atoms with Crippen molar-refractivity contribution < 1.29 is 23.5 Å². The predicted octanol–water partition coefficient (Wildman–Crippen LogP) is 3.38. The minimum atomic E-state index is -0.769. The summed E-state index contributed by atoms with van der Waals surface area (Å²) in [5, 5.41) is 12.6. The molecule has 1 atom stereocenters. The molecule has 2 bridgehead atoms. The van der Waals surface area contributed by atoms with Crippen molar-refractivity contribution in [1.82, 2.24) is 5.32 Å². The molecule has 1 unspecified atom stereocenters. The van der Waals surface area contributed by atoms with Gasteiger partial charge in [0.1, 0.15) is 11.6 Å². The molecule has 0 heterocycles. The van der Waals surface area contributed by atoms with Crippen LogP contribution in [-0.2, 0) is 14.3 Å². The van der Waals surface area contributed by atoms with E-state index in [2.05, 4.69) is 11.4 Å². The number of nitrogens with one attached hydrogen (secondary N) is 1. The molecule has 1 aromatic carbocycles. The number of hydrogen-bond donors (Lipinski definition) is 1. The Morgan fingerprint density at radius 1 is 1.36 bits per heavy atom. The number of amides is 1. The van der Waals surface area contributed by atoms with Gasteiger partial charge in [0.15, 0.2) is 6.61 Å². The van der Waals surface area contributed by atoms with E-state index >= 15 is 0 Å². The first-order valence-electron chi connectivity index (χ1n) is 9.30. The Morgan fingerprint density at radius 3 is 2.68 bits per heavy atom. The topological polar surface area (TPSA) is 88.4 Å². The van der Waals surface area contributed by atoms with Crippen molar-refractivity contribution in [3.8, 4) is 11.8 Å². The number of ether oxygens (including phenoxy) is 2. The minimum absolute atomic E-state index is 0.0206. The lowest BCUT2D eigenvalue weighted by Gasteiger charge is -2.54. The number of esters is 1. The molecule has 3 aliphatic carbocycles. The zero-order chi connectivity index (χ0) is 20.4. The highest BCUT2D eigenvalue weighted by Gasteiger charge is 2.59. The molecule has 1 N–H and O–H groups in total. The Morgan fingerprint density at radius 2 is 2.07 bits per heavy atom. The number of carbonyl (C=O) groups excluding carboxylic acids is 2. The van der Waals surface area contributed by atoms with Crippen molar-refractivity contribution in [2.45, 2.75) is 44.6 Å². The van der Waals surface area contributed by atoms with Gasteiger partial charge in [0.2, 0.25) is 0 Å². The first kappa shape index (κ1) is 20.4. The average Bonchev–Trinajstić information content (AvgIpc) is 2.69. The van der Waals surface area contributed by atoms with Crippen LogP contribution in [0.15, 0.2) is 18.2 Å². The van der Waals surface area contributed by atoms with E-state index in [-0.39, 0.29) is 35.9 Å². The maximum Gasteiger partial charge on any atom is 0.313 e. The van der Waals surface area contributed by atoms with Crippen LogP contribution in [0.2, 0.25) is 5.02 Å². The summed E-state index contributed by atoms with van der Waals surface area (Å²) in [6.07, 6.45) is 2.63. The Labute approximate surface area is 167 Å². The molecule has 1 aromatic rings. The van der Waals surface area contributed by atoms with E-state index in [1.54, 1.807) is 6.92 Å². The second kappa shape index (κ2) is 7.96. The summed E-state index contributed by atoms with van der Waals surface area (Å²) in [7, 11) is 0. The highest BCUT2D eigenvalue weighted by atomic mass is 35.5. The molecule has 3 aliphatic rings. The maximum absolute atomic E-state index is 13.5. The summed E-state index contributed by atoms with van der Waals surface area (Å²) >= 11 is 5.63. The van der Waals surface area contributed by atoms with E-state index in [9.17, 15) is 19.2 Å². The Hall–Kier alpha value is -2.33. The molecule has 0 radical (unpaired) electrons.